The molecule has 0 bridgehead atoms. The lowest BCUT2D eigenvalue weighted by molar-refractivity contribution is -0.136. The maximum absolute atomic E-state index is 11.6. The molecule has 98 valence electrons. The van der Waals surface area contributed by atoms with Crippen LogP contribution in [0.15, 0.2) is 18.2 Å². The summed E-state index contributed by atoms with van der Waals surface area (Å²) in [7, 11) is 0. The Labute approximate surface area is 112 Å². The molecule has 0 saturated carbocycles. The van der Waals surface area contributed by atoms with E-state index >= 15 is 0 Å². The third kappa shape index (κ3) is 4.37. The Kier molecular flexibility index (Phi) is 5.16. The molecule has 0 aliphatic heterocycles. The van der Waals surface area contributed by atoms with E-state index in [1.165, 1.54) is 0 Å². The van der Waals surface area contributed by atoms with Crippen LogP contribution in [0.2, 0.25) is 5.02 Å². The molecule has 0 unspecified atom stereocenters. The molecule has 4 nitrogen and oxygen atoms in total. The molecule has 0 heterocycles. The highest BCUT2D eigenvalue weighted by atomic mass is 35.5. The molecule has 1 aromatic rings. The van der Waals surface area contributed by atoms with Crippen molar-refractivity contribution in [3.8, 4) is 0 Å². The van der Waals surface area contributed by atoms with E-state index in [0.717, 1.165) is 5.56 Å². The molecule has 1 rings (SSSR count). The van der Waals surface area contributed by atoms with E-state index in [1.807, 2.05) is 20.8 Å². The van der Waals surface area contributed by atoms with Crippen LogP contribution in [-0.2, 0) is 9.59 Å². The highest BCUT2D eigenvalue weighted by Crippen LogP contribution is 2.19. The van der Waals surface area contributed by atoms with E-state index in [9.17, 15) is 9.59 Å². The number of benzene rings is 1. The molecule has 0 aliphatic carbocycles. The van der Waals surface area contributed by atoms with Gasteiger partial charge in [-0.2, -0.15) is 0 Å². The van der Waals surface area contributed by atoms with Gasteiger partial charge in [0.1, 0.15) is 0 Å². The van der Waals surface area contributed by atoms with E-state index in [0.29, 0.717) is 23.2 Å². The van der Waals surface area contributed by atoms with Gasteiger partial charge in [-0.25, -0.2) is 0 Å². The zero-order valence-electron chi connectivity index (χ0n) is 10.7. The summed E-state index contributed by atoms with van der Waals surface area (Å²) in [5.74, 6) is -1.02. The summed E-state index contributed by atoms with van der Waals surface area (Å²) < 4.78 is 0. The zero-order valence-corrected chi connectivity index (χ0v) is 11.5. The van der Waals surface area contributed by atoms with Crippen LogP contribution in [-0.4, -0.2) is 18.4 Å². The summed E-state index contributed by atoms with van der Waals surface area (Å²) >= 11 is 5.83. The third-order valence-electron chi connectivity index (χ3n) is 2.32. The van der Waals surface area contributed by atoms with Crippen molar-refractivity contribution in [1.82, 2.24) is 5.32 Å². The van der Waals surface area contributed by atoms with Crippen LogP contribution in [0.3, 0.4) is 0 Å². The second-order valence-electron chi connectivity index (χ2n) is 4.52. The summed E-state index contributed by atoms with van der Waals surface area (Å²) in [5, 5.41) is 5.60. The minimum atomic E-state index is -0.680. The molecule has 0 aliphatic rings. The molecule has 0 saturated heterocycles. The summed E-state index contributed by atoms with van der Waals surface area (Å²) in [6.45, 7) is 6.22. The summed E-state index contributed by atoms with van der Waals surface area (Å²) in [6, 6.07) is 5.12. The van der Waals surface area contributed by atoms with Crippen LogP contribution in [0.5, 0.6) is 0 Å². The first kappa shape index (κ1) is 14.5. The van der Waals surface area contributed by atoms with Crippen LogP contribution < -0.4 is 10.6 Å². The molecule has 1 aromatic carbocycles. The molecule has 0 fully saturated rings. The predicted molar refractivity (Wildman–Crippen MR) is 72.7 cm³/mol. The van der Waals surface area contributed by atoms with Gasteiger partial charge < -0.3 is 10.6 Å². The molecule has 0 radical (unpaired) electrons. The number of nitrogens with one attached hydrogen (secondary N) is 2. The van der Waals surface area contributed by atoms with Gasteiger partial charge in [0.2, 0.25) is 0 Å². The number of hydrogen-bond donors (Lipinski definition) is 2. The molecule has 0 aromatic heterocycles. The fourth-order valence-corrected chi connectivity index (χ4v) is 1.46. The average Bonchev–Trinajstić information content (AvgIpc) is 2.30. The SMILES string of the molecule is Cc1ccc(Cl)cc1NC(=O)C(=O)NCC(C)C. The fourth-order valence-electron chi connectivity index (χ4n) is 1.29. The van der Waals surface area contributed by atoms with Crippen molar-refractivity contribution < 1.29 is 9.59 Å². The smallest absolute Gasteiger partial charge is 0.313 e. The average molecular weight is 269 g/mol. The number of anilines is 1. The lowest BCUT2D eigenvalue weighted by atomic mass is 10.2. The van der Waals surface area contributed by atoms with Crippen LogP contribution >= 0.6 is 11.6 Å². The quantitative estimate of drug-likeness (QED) is 0.827. The third-order valence-corrected chi connectivity index (χ3v) is 2.56. The first-order valence-electron chi connectivity index (χ1n) is 5.75. The fraction of sp³-hybridized carbons (Fsp3) is 0.385. The van der Waals surface area contributed by atoms with Crippen molar-refractivity contribution in [2.75, 3.05) is 11.9 Å². The Hall–Kier alpha value is -1.55. The van der Waals surface area contributed by atoms with Gasteiger partial charge in [0.25, 0.3) is 0 Å². The second kappa shape index (κ2) is 6.40. The van der Waals surface area contributed by atoms with Crippen molar-refractivity contribution in [2.45, 2.75) is 20.8 Å². The molecular weight excluding hydrogens is 252 g/mol. The number of carbonyl (C=O) groups excluding carboxylic acids is 2. The zero-order chi connectivity index (χ0) is 13.7. The lowest BCUT2D eigenvalue weighted by Crippen LogP contribution is -2.37. The largest absolute Gasteiger partial charge is 0.348 e. The van der Waals surface area contributed by atoms with Crippen LogP contribution in [0, 0.1) is 12.8 Å². The van der Waals surface area contributed by atoms with Crippen LogP contribution in [0.4, 0.5) is 5.69 Å². The van der Waals surface area contributed by atoms with Gasteiger partial charge in [0, 0.05) is 17.3 Å². The Morgan fingerprint density at radius 2 is 1.94 bits per heavy atom. The standard InChI is InChI=1S/C13H17ClN2O2/c1-8(2)7-15-12(17)13(18)16-11-6-10(14)5-4-9(11)3/h4-6,8H,7H2,1-3H3,(H,15,17)(H,16,18). The van der Waals surface area contributed by atoms with E-state index in [2.05, 4.69) is 10.6 Å². The van der Waals surface area contributed by atoms with Gasteiger partial charge >= 0.3 is 11.8 Å². The van der Waals surface area contributed by atoms with Crippen molar-refractivity contribution in [2.24, 2.45) is 5.92 Å². The molecule has 2 amide bonds. The normalized spacial score (nSPS) is 10.3. The summed E-state index contributed by atoms with van der Waals surface area (Å²) in [5.41, 5.74) is 1.40. The molecule has 0 atom stereocenters. The molecule has 5 heteroatoms. The van der Waals surface area contributed by atoms with Gasteiger partial charge in [-0.1, -0.05) is 31.5 Å². The van der Waals surface area contributed by atoms with Crippen molar-refractivity contribution in [3.63, 3.8) is 0 Å². The molecular formula is C13H17ClN2O2. The minimum Gasteiger partial charge on any atom is -0.348 e. The number of aryl methyl sites for hydroxylation is 1. The Bertz CT molecular complexity index is 458. The maximum atomic E-state index is 11.6. The molecule has 2 N–H and O–H groups in total. The van der Waals surface area contributed by atoms with Crippen LogP contribution in [0.25, 0.3) is 0 Å². The first-order valence-corrected chi connectivity index (χ1v) is 6.13. The van der Waals surface area contributed by atoms with E-state index < -0.39 is 11.8 Å². The van der Waals surface area contributed by atoms with Gasteiger partial charge in [0.15, 0.2) is 0 Å². The highest BCUT2D eigenvalue weighted by Gasteiger charge is 2.14. The van der Waals surface area contributed by atoms with Crippen molar-refractivity contribution >= 4 is 29.1 Å². The lowest BCUT2D eigenvalue weighted by Gasteiger charge is -2.10. The number of carbonyl (C=O) groups is 2. The molecule has 0 spiro atoms. The topological polar surface area (TPSA) is 58.2 Å². The monoisotopic (exact) mass is 268 g/mol. The Morgan fingerprint density at radius 1 is 1.28 bits per heavy atom. The highest BCUT2D eigenvalue weighted by molar-refractivity contribution is 6.40. The van der Waals surface area contributed by atoms with Gasteiger partial charge in [0.05, 0.1) is 0 Å². The number of rotatable bonds is 3. The molecule has 18 heavy (non-hydrogen) atoms. The van der Waals surface area contributed by atoms with E-state index in [-0.39, 0.29) is 0 Å². The first-order chi connectivity index (χ1) is 8.40. The summed E-state index contributed by atoms with van der Waals surface area (Å²) in [6.07, 6.45) is 0. The summed E-state index contributed by atoms with van der Waals surface area (Å²) in [4.78, 5) is 23.1. The Morgan fingerprint density at radius 3 is 2.56 bits per heavy atom. The van der Waals surface area contributed by atoms with Gasteiger partial charge in [-0.3, -0.25) is 9.59 Å². The predicted octanol–water partition coefficient (Wildman–Crippen LogP) is 2.36. The Balaban J connectivity index is 2.64. The number of hydrogen-bond acceptors (Lipinski definition) is 2. The number of halogens is 1. The number of amides is 2. The van der Waals surface area contributed by atoms with Crippen molar-refractivity contribution in [3.05, 3.63) is 28.8 Å². The van der Waals surface area contributed by atoms with Crippen molar-refractivity contribution in [1.29, 1.82) is 0 Å². The van der Waals surface area contributed by atoms with Crippen LogP contribution in [0.1, 0.15) is 19.4 Å². The van der Waals surface area contributed by atoms with E-state index in [4.69, 9.17) is 11.6 Å². The van der Waals surface area contributed by atoms with E-state index in [1.54, 1.807) is 18.2 Å². The minimum absolute atomic E-state index is 0.301. The second-order valence-corrected chi connectivity index (χ2v) is 4.95. The van der Waals surface area contributed by atoms with Gasteiger partial charge in [-0.15, -0.1) is 0 Å². The van der Waals surface area contributed by atoms with Gasteiger partial charge in [-0.05, 0) is 30.5 Å². The maximum Gasteiger partial charge on any atom is 0.313 e.